The van der Waals surface area contributed by atoms with Gasteiger partial charge in [0.2, 0.25) is 0 Å². The normalized spacial score (nSPS) is 26.4. The zero-order valence-electron chi connectivity index (χ0n) is 10.4. The Labute approximate surface area is 112 Å². The number of sulfonamides is 1. The fourth-order valence-electron chi connectivity index (χ4n) is 2.10. The molecule has 2 heterocycles. The Hall–Kier alpha value is -0.630. The predicted octanol–water partition coefficient (Wildman–Crippen LogP) is 0.431. The van der Waals surface area contributed by atoms with Gasteiger partial charge in [0, 0.05) is 26.2 Å². The summed E-state index contributed by atoms with van der Waals surface area (Å²) in [6.07, 6.45) is 2.09. The van der Waals surface area contributed by atoms with Crippen LogP contribution in [0.1, 0.15) is 13.3 Å². The van der Waals surface area contributed by atoms with Crippen LogP contribution in [0.4, 0.5) is 0 Å². The summed E-state index contributed by atoms with van der Waals surface area (Å²) in [4.78, 5) is 0. The highest BCUT2D eigenvalue weighted by molar-refractivity contribution is 7.89. The molecule has 0 saturated carbocycles. The number of rotatable bonds is 2. The third-order valence-electron chi connectivity index (χ3n) is 3.41. The topological polar surface area (TPSA) is 81.2 Å². The van der Waals surface area contributed by atoms with E-state index in [0.29, 0.717) is 19.0 Å². The van der Waals surface area contributed by atoms with Crippen LogP contribution in [0.2, 0.25) is 5.02 Å². The largest absolute Gasteiger partial charge is 0.326 e. The van der Waals surface area contributed by atoms with Gasteiger partial charge in [0.25, 0.3) is 10.0 Å². The molecule has 18 heavy (non-hydrogen) atoms. The second-order valence-corrected chi connectivity index (χ2v) is 6.97. The lowest BCUT2D eigenvalue weighted by Crippen LogP contribution is -2.49. The number of nitrogens with two attached hydrogens (primary N) is 1. The van der Waals surface area contributed by atoms with Gasteiger partial charge < -0.3 is 5.73 Å². The van der Waals surface area contributed by atoms with Crippen LogP contribution in [-0.4, -0.2) is 41.6 Å². The van der Waals surface area contributed by atoms with Crippen molar-refractivity contribution in [2.45, 2.75) is 24.4 Å². The number of hydrogen-bond acceptors (Lipinski definition) is 4. The molecule has 1 aliphatic rings. The van der Waals surface area contributed by atoms with Gasteiger partial charge in [-0.15, -0.1) is 0 Å². The number of piperidine rings is 1. The average Bonchev–Trinajstić information content (AvgIpc) is 2.62. The maximum absolute atomic E-state index is 12.5. The Morgan fingerprint density at radius 3 is 2.72 bits per heavy atom. The minimum atomic E-state index is -3.61. The monoisotopic (exact) mass is 292 g/mol. The first-order valence-corrected chi connectivity index (χ1v) is 7.59. The third kappa shape index (κ3) is 2.27. The molecule has 2 rings (SSSR count). The molecule has 1 aromatic heterocycles. The van der Waals surface area contributed by atoms with Gasteiger partial charge in [-0.25, -0.2) is 8.42 Å². The third-order valence-corrected chi connectivity index (χ3v) is 5.78. The first-order chi connectivity index (χ1) is 8.34. The van der Waals surface area contributed by atoms with Gasteiger partial charge in [-0.05, 0) is 12.3 Å². The van der Waals surface area contributed by atoms with Crippen LogP contribution in [0.15, 0.2) is 11.2 Å². The predicted molar refractivity (Wildman–Crippen MR) is 68.7 cm³/mol. The van der Waals surface area contributed by atoms with Crippen LogP contribution in [0.5, 0.6) is 0 Å². The summed E-state index contributed by atoms with van der Waals surface area (Å²) in [5.41, 5.74) is 5.93. The summed E-state index contributed by atoms with van der Waals surface area (Å²) in [7, 11) is -2.05. The molecule has 1 saturated heterocycles. The molecule has 0 radical (unpaired) electrons. The molecule has 0 amide bonds. The van der Waals surface area contributed by atoms with Crippen molar-refractivity contribution in [1.29, 1.82) is 0 Å². The van der Waals surface area contributed by atoms with Crippen LogP contribution in [0, 0.1) is 5.92 Å². The van der Waals surface area contributed by atoms with Crippen LogP contribution in [-0.2, 0) is 17.1 Å². The summed E-state index contributed by atoms with van der Waals surface area (Å²) >= 11 is 5.89. The van der Waals surface area contributed by atoms with E-state index in [2.05, 4.69) is 5.10 Å². The standard InChI is InChI=1S/C10H17ClN4O2S/c1-7-3-4-15(6-9(7)12)18(16,17)10-8(11)5-13-14(10)2/h5,7,9H,3-4,6,12H2,1-2H3. The second kappa shape index (κ2) is 4.80. The van der Waals surface area contributed by atoms with E-state index in [9.17, 15) is 8.42 Å². The van der Waals surface area contributed by atoms with E-state index in [0.717, 1.165) is 6.42 Å². The SMILES string of the molecule is CC1CCN(S(=O)(=O)c2c(Cl)cnn2C)CC1N. The highest BCUT2D eigenvalue weighted by Gasteiger charge is 2.35. The van der Waals surface area contributed by atoms with Gasteiger partial charge in [0.1, 0.15) is 0 Å². The van der Waals surface area contributed by atoms with Crippen LogP contribution < -0.4 is 5.73 Å². The van der Waals surface area contributed by atoms with Crippen LogP contribution in [0.3, 0.4) is 0 Å². The first kappa shape index (κ1) is 13.8. The van der Waals surface area contributed by atoms with E-state index in [1.165, 1.54) is 15.2 Å². The van der Waals surface area contributed by atoms with Gasteiger partial charge >= 0.3 is 0 Å². The molecule has 1 aliphatic heterocycles. The molecule has 0 aromatic carbocycles. The van der Waals surface area contributed by atoms with Gasteiger partial charge in [-0.3, -0.25) is 4.68 Å². The van der Waals surface area contributed by atoms with Crippen LogP contribution >= 0.6 is 11.6 Å². The summed E-state index contributed by atoms with van der Waals surface area (Å²) in [6.45, 7) is 2.83. The summed E-state index contributed by atoms with van der Waals surface area (Å²) in [6, 6.07) is -0.138. The smallest absolute Gasteiger partial charge is 0.261 e. The van der Waals surface area contributed by atoms with E-state index in [1.807, 2.05) is 6.92 Å². The van der Waals surface area contributed by atoms with Crippen molar-refractivity contribution in [3.8, 4) is 0 Å². The minimum absolute atomic E-state index is 0.0333. The Kier molecular flexibility index (Phi) is 3.68. The summed E-state index contributed by atoms with van der Waals surface area (Å²) < 4.78 is 27.6. The lowest BCUT2D eigenvalue weighted by molar-refractivity contribution is 0.252. The van der Waals surface area contributed by atoms with E-state index < -0.39 is 10.0 Å². The molecule has 1 fully saturated rings. The number of aromatic nitrogens is 2. The summed E-state index contributed by atoms with van der Waals surface area (Å²) in [5.74, 6) is 0.332. The van der Waals surface area contributed by atoms with E-state index in [-0.39, 0.29) is 16.1 Å². The molecular formula is C10H17ClN4O2S. The van der Waals surface area contributed by atoms with Gasteiger partial charge in [0.15, 0.2) is 5.03 Å². The van der Waals surface area contributed by atoms with Crippen molar-refractivity contribution in [3.63, 3.8) is 0 Å². The van der Waals surface area contributed by atoms with Crippen molar-refractivity contribution < 1.29 is 8.42 Å². The fraction of sp³-hybridized carbons (Fsp3) is 0.700. The molecule has 6 nitrogen and oxygen atoms in total. The van der Waals surface area contributed by atoms with Crippen molar-refractivity contribution in [1.82, 2.24) is 14.1 Å². The quantitative estimate of drug-likeness (QED) is 0.857. The molecule has 0 bridgehead atoms. The molecule has 0 spiro atoms. The molecular weight excluding hydrogens is 276 g/mol. The van der Waals surface area contributed by atoms with Crippen molar-refractivity contribution >= 4 is 21.6 Å². The van der Waals surface area contributed by atoms with Crippen molar-refractivity contribution in [2.24, 2.45) is 18.7 Å². The van der Waals surface area contributed by atoms with Gasteiger partial charge in [0.05, 0.1) is 11.2 Å². The maximum Gasteiger partial charge on any atom is 0.261 e. The number of nitrogens with zero attached hydrogens (tertiary/aromatic N) is 3. The molecule has 2 N–H and O–H groups in total. The molecule has 1 aromatic rings. The Morgan fingerprint density at radius 1 is 1.56 bits per heavy atom. The van der Waals surface area contributed by atoms with Crippen molar-refractivity contribution in [3.05, 3.63) is 11.2 Å². The molecule has 2 atom stereocenters. The Bertz CT molecular complexity index is 523. The first-order valence-electron chi connectivity index (χ1n) is 5.77. The van der Waals surface area contributed by atoms with Gasteiger partial charge in [-0.2, -0.15) is 9.40 Å². The molecule has 102 valence electrons. The molecule has 8 heteroatoms. The van der Waals surface area contributed by atoms with Crippen LogP contribution in [0.25, 0.3) is 0 Å². The second-order valence-electron chi connectivity index (χ2n) is 4.71. The van der Waals surface area contributed by atoms with Gasteiger partial charge in [-0.1, -0.05) is 18.5 Å². The zero-order valence-corrected chi connectivity index (χ0v) is 11.9. The summed E-state index contributed by atoms with van der Waals surface area (Å²) in [5, 5.41) is 4.04. The average molecular weight is 293 g/mol. The van der Waals surface area contributed by atoms with Crippen molar-refractivity contribution in [2.75, 3.05) is 13.1 Å². The minimum Gasteiger partial charge on any atom is -0.326 e. The van der Waals surface area contributed by atoms with E-state index in [1.54, 1.807) is 7.05 Å². The lowest BCUT2D eigenvalue weighted by atomic mass is 9.96. The van der Waals surface area contributed by atoms with E-state index >= 15 is 0 Å². The lowest BCUT2D eigenvalue weighted by Gasteiger charge is -2.34. The Balaban J connectivity index is 2.33. The molecule has 0 aliphatic carbocycles. The highest BCUT2D eigenvalue weighted by Crippen LogP contribution is 2.27. The highest BCUT2D eigenvalue weighted by atomic mass is 35.5. The van der Waals surface area contributed by atoms with E-state index in [4.69, 9.17) is 17.3 Å². The maximum atomic E-state index is 12.5. The molecule has 2 unspecified atom stereocenters. The number of hydrogen-bond donors (Lipinski definition) is 1. The zero-order chi connectivity index (χ0) is 13.5. The number of aryl methyl sites for hydroxylation is 1. The Morgan fingerprint density at radius 2 is 2.22 bits per heavy atom. The fourth-order valence-corrected chi connectivity index (χ4v) is 4.20. The number of halogens is 1.